The van der Waals surface area contributed by atoms with Gasteiger partial charge in [0.1, 0.15) is 0 Å². The SMILES string of the molecule is O=C(O)c1ccc(C2CN(C(=O)O)C2)nc1. The van der Waals surface area contributed by atoms with Gasteiger partial charge in [-0.05, 0) is 12.1 Å². The number of rotatable bonds is 2. The number of hydrogen-bond donors (Lipinski definition) is 2. The van der Waals surface area contributed by atoms with Gasteiger partial charge in [-0.2, -0.15) is 0 Å². The summed E-state index contributed by atoms with van der Waals surface area (Å²) in [5.41, 5.74) is 0.876. The molecule has 0 atom stereocenters. The zero-order chi connectivity index (χ0) is 11.7. The van der Waals surface area contributed by atoms with Crippen molar-refractivity contribution in [3.8, 4) is 0 Å². The first kappa shape index (κ1) is 10.4. The molecule has 84 valence electrons. The third-order valence-corrected chi connectivity index (χ3v) is 2.60. The van der Waals surface area contributed by atoms with E-state index in [1.807, 2.05) is 0 Å². The van der Waals surface area contributed by atoms with Crippen molar-refractivity contribution in [2.45, 2.75) is 5.92 Å². The minimum absolute atomic E-state index is 0.0824. The van der Waals surface area contributed by atoms with Crippen LogP contribution in [0, 0.1) is 0 Å². The van der Waals surface area contributed by atoms with Gasteiger partial charge in [-0.3, -0.25) is 4.98 Å². The van der Waals surface area contributed by atoms with Gasteiger partial charge in [0.15, 0.2) is 0 Å². The molecule has 1 amide bonds. The van der Waals surface area contributed by atoms with E-state index in [4.69, 9.17) is 10.2 Å². The number of pyridine rings is 1. The molecule has 1 aliphatic rings. The van der Waals surface area contributed by atoms with Gasteiger partial charge in [-0.25, -0.2) is 9.59 Å². The molecule has 6 nitrogen and oxygen atoms in total. The van der Waals surface area contributed by atoms with Crippen molar-refractivity contribution in [3.63, 3.8) is 0 Å². The molecule has 0 aromatic carbocycles. The van der Waals surface area contributed by atoms with Crippen molar-refractivity contribution in [1.82, 2.24) is 9.88 Å². The molecule has 1 aromatic rings. The molecule has 1 aromatic heterocycles. The fraction of sp³-hybridized carbons (Fsp3) is 0.300. The molecule has 1 aliphatic heterocycles. The highest BCUT2D eigenvalue weighted by atomic mass is 16.4. The Kier molecular flexibility index (Phi) is 2.47. The molecule has 0 unspecified atom stereocenters. The standard InChI is InChI=1S/C10H10N2O4/c13-9(14)6-1-2-8(11-3-6)7-4-12(5-7)10(15)16/h1-3,7H,4-5H2,(H,13,14)(H,15,16). The Morgan fingerprint density at radius 3 is 2.44 bits per heavy atom. The van der Waals surface area contributed by atoms with Gasteiger partial charge in [0, 0.05) is 30.9 Å². The molecule has 0 radical (unpaired) electrons. The van der Waals surface area contributed by atoms with E-state index in [1.165, 1.54) is 17.2 Å². The summed E-state index contributed by atoms with van der Waals surface area (Å²) in [5.74, 6) is -0.932. The first-order valence-electron chi connectivity index (χ1n) is 4.75. The topological polar surface area (TPSA) is 90.7 Å². The molecule has 0 saturated carbocycles. The highest BCUT2D eigenvalue weighted by Gasteiger charge is 2.32. The molecule has 2 rings (SSSR count). The first-order chi connectivity index (χ1) is 7.58. The minimum Gasteiger partial charge on any atom is -0.478 e. The summed E-state index contributed by atoms with van der Waals surface area (Å²) >= 11 is 0. The van der Waals surface area contributed by atoms with Crippen molar-refractivity contribution in [3.05, 3.63) is 29.6 Å². The maximum atomic E-state index is 10.6. The fourth-order valence-corrected chi connectivity index (χ4v) is 1.60. The van der Waals surface area contributed by atoms with Crippen LogP contribution in [0.15, 0.2) is 18.3 Å². The molecule has 0 bridgehead atoms. The van der Waals surface area contributed by atoms with Crippen LogP contribution in [0.4, 0.5) is 4.79 Å². The lowest BCUT2D eigenvalue weighted by Crippen LogP contribution is -2.48. The predicted octanol–water partition coefficient (Wildman–Crippen LogP) is 0.857. The number of hydrogen-bond acceptors (Lipinski definition) is 3. The van der Waals surface area contributed by atoms with Crippen molar-refractivity contribution < 1.29 is 19.8 Å². The number of carboxylic acid groups (broad SMARTS) is 2. The summed E-state index contributed by atoms with van der Waals surface area (Å²) in [5, 5.41) is 17.3. The van der Waals surface area contributed by atoms with E-state index in [9.17, 15) is 9.59 Å². The number of carbonyl (C=O) groups is 2. The lowest BCUT2D eigenvalue weighted by atomic mass is 9.96. The smallest absolute Gasteiger partial charge is 0.407 e. The van der Waals surface area contributed by atoms with E-state index in [0.717, 1.165) is 5.69 Å². The normalized spacial score (nSPS) is 15.6. The molecular formula is C10H10N2O4. The minimum atomic E-state index is -1.01. The maximum Gasteiger partial charge on any atom is 0.407 e. The van der Waals surface area contributed by atoms with Gasteiger partial charge in [-0.15, -0.1) is 0 Å². The second-order valence-electron chi connectivity index (χ2n) is 3.66. The van der Waals surface area contributed by atoms with E-state index in [1.54, 1.807) is 6.07 Å². The maximum absolute atomic E-state index is 10.6. The molecule has 6 heteroatoms. The van der Waals surface area contributed by atoms with E-state index in [-0.39, 0.29) is 11.5 Å². The average molecular weight is 222 g/mol. The quantitative estimate of drug-likeness (QED) is 0.774. The first-order valence-corrected chi connectivity index (χ1v) is 4.75. The Morgan fingerprint density at radius 1 is 1.31 bits per heavy atom. The molecule has 2 heterocycles. The second-order valence-corrected chi connectivity index (χ2v) is 3.66. The molecule has 2 N–H and O–H groups in total. The van der Waals surface area contributed by atoms with E-state index in [2.05, 4.69) is 4.98 Å². The van der Waals surface area contributed by atoms with Crippen LogP contribution >= 0.6 is 0 Å². The van der Waals surface area contributed by atoms with Crippen LogP contribution in [0.2, 0.25) is 0 Å². The Hall–Kier alpha value is -2.11. The number of carboxylic acids is 1. The predicted molar refractivity (Wildman–Crippen MR) is 53.5 cm³/mol. The lowest BCUT2D eigenvalue weighted by molar-refractivity contribution is 0.0696. The van der Waals surface area contributed by atoms with E-state index in [0.29, 0.717) is 13.1 Å². The molecule has 0 spiro atoms. The van der Waals surface area contributed by atoms with Crippen LogP contribution in [-0.2, 0) is 0 Å². The van der Waals surface area contributed by atoms with Crippen molar-refractivity contribution in [2.75, 3.05) is 13.1 Å². The highest BCUT2D eigenvalue weighted by Crippen LogP contribution is 2.25. The van der Waals surface area contributed by atoms with Gasteiger partial charge in [0.25, 0.3) is 0 Å². The van der Waals surface area contributed by atoms with Gasteiger partial charge in [-0.1, -0.05) is 0 Å². The third-order valence-electron chi connectivity index (χ3n) is 2.60. The van der Waals surface area contributed by atoms with Crippen molar-refractivity contribution in [2.24, 2.45) is 0 Å². The molecule has 1 saturated heterocycles. The van der Waals surface area contributed by atoms with Crippen LogP contribution in [0.3, 0.4) is 0 Å². The average Bonchev–Trinajstić information content (AvgIpc) is 2.15. The van der Waals surface area contributed by atoms with Crippen LogP contribution in [0.5, 0.6) is 0 Å². The third kappa shape index (κ3) is 1.81. The summed E-state index contributed by atoms with van der Waals surface area (Å²) in [7, 11) is 0. The number of aromatic carboxylic acids is 1. The highest BCUT2D eigenvalue weighted by molar-refractivity contribution is 5.87. The van der Waals surface area contributed by atoms with E-state index < -0.39 is 12.1 Å². The van der Waals surface area contributed by atoms with Crippen LogP contribution in [0.25, 0.3) is 0 Å². The molecular weight excluding hydrogens is 212 g/mol. The van der Waals surface area contributed by atoms with Gasteiger partial charge in [0.05, 0.1) is 5.56 Å². The number of nitrogens with zero attached hydrogens (tertiary/aromatic N) is 2. The molecule has 16 heavy (non-hydrogen) atoms. The summed E-state index contributed by atoms with van der Waals surface area (Å²) < 4.78 is 0. The second kappa shape index (κ2) is 3.80. The summed E-state index contributed by atoms with van der Waals surface area (Å²) in [4.78, 5) is 26.4. The zero-order valence-corrected chi connectivity index (χ0v) is 8.33. The number of amides is 1. The summed E-state index contributed by atoms with van der Waals surface area (Å²) in [6.45, 7) is 0.851. The summed E-state index contributed by atoms with van der Waals surface area (Å²) in [6, 6.07) is 3.11. The van der Waals surface area contributed by atoms with Crippen molar-refractivity contribution >= 4 is 12.1 Å². The van der Waals surface area contributed by atoms with Crippen molar-refractivity contribution in [1.29, 1.82) is 0 Å². The molecule has 0 aliphatic carbocycles. The Balaban J connectivity index is 2.02. The largest absolute Gasteiger partial charge is 0.478 e. The van der Waals surface area contributed by atoms with Crippen LogP contribution in [-0.4, -0.2) is 45.2 Å². The Bertz CT molecular complexity index is 423. The van der Waals surface area contributed by atoms with Crippen LogP contribution in [0.1, 0.15) is 22.0 Å². The number of aromatic nitrogens is 1. The monoisotopic (exact) mass is 222 g/mol. The van der Waals surface area contributed by atoms with Gasteiger partial charge < -0.3 is 15.1 Å². The van der Waals surface area contributed by atoms with Gasteiger partial charge >= 0.3 is 12.1 Å². The lowest BCUT2D eigenvalue weighted by Gasteiger charge is -2.36. The Labute approximate surface area is 91.1 Å². The summed E-state index contributed by atoms with van der Waals surface area (Å²) in [6.07, 6.45) is 0.361. The zero-order valence-electron chi connectivity index (χ0n) is 8.33. The fourth-order valence-electron chi connectivity index (χ4n) is 1.60. The van der Waals surface area contributed by atoms with Gasteiger partial charge in [0.2, 0.25) is 0 Å². The number of likely N-dealkylation sites (tertiary alicyclic amines) is 1. The van der Waals surface area contributed by atoms with Crippen LogP contribution < -0.4 is 0 Å². The Morgan fingerprint density at radius 2 is 2.00 bits per heavy atom. The van der Waals surface area contributed by atoms with E-state index >= 15 is 0 Å². The molecule has 1 fully saturated rings.